The second-order valence-corrected chi connectivity index (χ2v) is 8.28. The zero-order valence-electron chi connectivity index (χ0n) is 16.4. The van der Waals surface area contributed by atoms with Gasteiger partial charge in [0.15, 0.2) is 5.15 Å². The van der Waals surface area contributed by atoms with E-state index in [9.17, 15) is 5.26 Å². The highest BCUT2D eigenvalue weighted by Gasteiger charge is 2.32. The Balaban J connectivity index is 1.41. The molecule has 1 N–H and O–H groups in total. The van der Waals surface area contributed by atoms with Gasteiger partial charge in [-0.15, -0.1) is 0 Å². The van der Waals surface area contributed by atoms with E-state index in [0.717, 1.165) is 47.5 Å². The number of nitrogens with zero attached hydrogens (tertiary/aromatic N) is 7. The van der Waals surface area contributed by atoms with E-state index in [0.29, 0.717) is 16.7 Å². The Bertz CT molecular complexity index is 1270. The van der Waals surface area contributed by atoms with Crippen LogP contribution in [0.5, 0.6) is 0 Å². The van der Waals surface area contributed by atoms with Crippen LogP contribution in [0.15, 0.2) is 43.1 Å². The van der Waals surface area contributed by atoms with Crippen LogP contribution in [0.1, 0.15) is 18.9 Å². The second kappa shape index (κ2) is 8.17. The fourth-order valence-corrected chi connectivity index (χ4v) is 4.74. The van der Waals surface area contributed by atoms with Gasteiger partial charge in [0, 0.05) is 42.4 Å². The molecule has 8 nitrogen and oxygen atoms in total. The fraction of sp³-hybridized carbons (Fsp3) is 0.286. The van der Waals surface area contributed by atoms with Gasteiger partial charge in [-0.25, -0.2) is 15.0 Å². The molecular formula is C21H18Cl2N8. The van der Waals surface area contributed by atoms with Crippen molar-refractivity contribution in [3.8, 4) is 17.3 Å². The van der Waals surface area contributed by atoms with E-state index in [2.05, 4.69) is 36.0 Å². The number of nitrogens with one attached hydrogen (secondary N) is 1. The Morgan fingerprint density at radius 3 is 3.00 bits per heavy atom. The van der Waals surface area contributed by atoms with Crippen LogP contribution in [0.3, 0.4) is 0 Å². The summed E-state index contributed by atoms with van der Waals surface area (Å²) in [6.07, 6.45) is 8.44. The number of rotatable bonds is 5. The molecule has 0 aliphatic carbocycles. The van der Waals surface area contributed by atoms with Gasteiger partial charge in [0.25, 0.3) is 0 Å². The highest BCUT2D eigenvalue weighted by molar-refractivity contribution is 6.34. The van der Waals surface area contributed by atoms with Crippen LogP contribution < -0.4 is 4.90 Å². The van der Waals surface area contributed by atoms with Crippen molar-refractivity contribution in [2.45, 2.75) is 18.9 Å². The zero-order chi connectivity index (χ0) is 21.4. The molecule has 156 valence electrons. The number of hydrogen-bond acceptors (Lipinski definition) is 6. The highest BCUT2D eigenvalue weighted by Crippen LogP contribution is 2.36. The van der Waals surface area contributed by atoms with Crippen LogP contribution in [-0.4, -0.2) is 42.8 Å². The first-order chi connectivity index (χ1) is 15.1. The lowest BCUT2D eigenvalue weighted by Gasteiger charge is -2.23. The fourth-order valence-electron chi connectivity index (χ4n) is 4.27. The number of hydrogen-bond donors (Lipinski definition) is 1. The number of H-pyrrole nitrogens is 1. The summed E-state index contributed by atoms with van der Waals surface area (Å²) in [5.74, 6) is 0.247. The van der Waals surface area contributed by atoms with E-state index >= 15 is 0 Å². The van der Waals surface area contributed by atoms with Crippen LogP contribution in [0, 0.1) is 17.2 Å². The van der Waals surface area contributed by atoms with Crippen molar-refractivity contribution in [3.63, 3.8) is 0 Å². The van der Waals surface area contributed by atoms with Gasteiger partial charge < -0.3 is 9.88 Å². The predicted molar refractivity (Wildman–Crippen MR) is 119 cm³/mol. The van der Waals surface area contributed by atoms with Gasteiger partial charge in [-0.2, -0.15) is 10.4 Å². The minimum absolute atomic E-state index is 0.0497. The summed E-state index contributed by atoms with van der Waals surface area (Å²) in [5, 5.41) is 15.8. The largest absolute Gasteiger partial charge is 0.369 e. The lowest BCUT2D eigenvalue weighted by Crippen LogP contribution is -2.25. The van der Waals surface area contributed by atoms with Crippen molar-refractivity contribution in [1.82, 2.24) is 29.7 Å². The summed E-state index contributed by atoms with van der Waals surface area (Å²) < 4.78 is 1.90. The third-order valence-corrected chi connectivity index (χ3v) is 6.26. The Hall–Kier alpha value is -3.15. The Morgan fingerprint density at radius 2 is 2.16 bits per heavy atom. The van der Waals surface area contributed by atoms with Crippen LogP contribution in [-0.2, 0) is 0 Å². The second-order valence-electron chi connectivity index (χ2n) is 7.54. The van der Waals surface area contributed by atoms with Crippen LogP contribution in [0.2, 0.25) is 10.3 Å². The van der Waals surface area contributed by atoms with E-state index in [1.165, 1.54) is 6.33 Å². The summed E-state index contributed by atoms with van der Waals surface area (Å²) in [6.45, 7) is 1.60. The van der Waals surface area contributed by atoms with Gasteiger partial charge in [-0.05, 0) is 24.6 Å². The number of aromatic amines is 1. The number of pyridine rings is 1. The standard InChI is InChI=1S/C21H18Cl2N8/c22-18-2-1-17(20(23)29-18)30-8-5-13(10-30)16(3-6-24)31-11-14(9-28-31)19-15-4-7-25-21(15)27-12-26-19/h1-2,4,7,9,11-13,16H,3,5,8,10H2,(H,25,26,27). The third-order valence-electron chi connectivity index (χ3n) is 5.77. The van der Waals surface area contributed by atoms with Gasteiger partial charge in [0.1, 0.15) is 17.1 Å². The number of fused-ring (bicyclic) bond motifs is 1. The number of halogens is 2. The summed E-state index contributed by atoms with van der Waals surface area (Å²) in [6, 6.07) is 7.86. The van der Waals surface area contributed by atoms with Crippen LogP contribution in [0.4, 0.5) is 5.69 Å². The van der Waals surface area contributed by atoms with E-state index in [1.807, 2.05) is 29.2 Å². The molecule has 2 unspecified atom stereocenters. The minimum atomic E-state index is -0.0497. The number of nitriles is 1. The first kappa shape index (κ1) is 19.8. The van der Waals surface area contributed by atoms with Gasteiger partial charge in [0.05, 0.1) is 36.1 Å². The number of anilines is 1. The van der Waals surface area contributed by atoms with E-state index in [-0.39, 0.29) is 12.0 Å². The molecule has 0 spiro atoms. The van der Waals surface area contributed by atoms with Crippen LogP contribution >= 0.6 is 23.2 Å². The molecule has 4 aromatic heterocycles. The third kappa shape index (κ3) is 3.71. The van der Waals surface area contributed by atoms with Crippen molar-refractivity contribution < 1.29 is 0 Å². The maximum Gasteiger partial charge on any atom is 0.154 e. The van der Waals surface area contributed by atoms with E-state index in [4.69, 9.17) is 23.2 Å². The maximum atomic E-state index is 9.48. The van der Waals surface area contributed by atoms with Gasteiger partial charge in [-0.1, -0.05) is 23.2 Å². The zero-order valence-corrected chi connectivity index (χ0v) is 17.9. The van der Waals surface area contributed by atoms with Crippen molar-refractivity contribution in [3.05, 3.63) is 53.4 Å². The summed E-state index contributed by atoms with van der Waals surface area (Å²) in [5.41, 5.74) is 3.36. The Kier molecular flexibility index (Phi) is 5.22. The molecule has 1 fully saturated rings. The SMILES string of the molecule is N#CCC(C1CCN(c2ccc(Cl)nc2Cl)C1)n1cc(-c2ncnc3[nH]ccc23)cn1. The molecule has 0 radical (unpaired) electrons. The molecule has 0 aromatic carbocycles. The molecule has 0 saturated carbocycles. The number of aromatic nitrogens is 6. The Labute approximate surface area is 188 Å². The van der Waals surface area contributed by atoms with Crippen molar-refractivity contribution in [2.75, 3.05) is 18.0 Å². The van der Waals surface area contributed by atoms with Crippen LogP contribution in [0.25, 0.3) is 22.3 Å². The average molecular weight is 453 g/mol. The molecule has 2 atom stereocenters. The average Bonchev–Trinajstić information content (AvgIpc) is 3.52. The molecule has 5 rings (SSSR count). The minimum Gasteiger partial charge on any atom is -0.369 e. The highest BCUT2D eigenvalue weighted by atomic mass is 35.5. The van der Waals surface area contributed by atoms with Gasteiger partial charge >= 0.3 is 0 Å². The summed E-state index contributed by atoms with van der Waals surface area (Å²) >= 11 is 12.2. The quantitative estimate of drug-likeness (QED) is 0.447. The molecule has 1 aliphatic rings. The summed E-state index contributed by atoms with van der Waals surface area (Å²) in [7, 11) is 0. The smallest absolute Gasteiger partial charge is 0.154 e. The van der Waals surface area contributed by atoms with Gasteiger partial charge in [0.2, 0.25) is 0 Å². The normalized spacial score (nSPS) is 17.2. The van der Waals surface area contributed by atoms with E-state index < -0.39 is 0 Å². The molecule has 10 heteroatoms. The Morgan fingerprint density at radius 1 is 1.26 bits per heavy atom. The first-order valence-electron chi connectivity index (χ1n) is 9.90. The maximum absolute atomic E-state index is 9.48. The van der Waals surface area contributed by atoms with Crippen molar-refractivity contribution in [2.24, 2.45) is 5.92 Å². The topological polar surface area (TPSA) is 99.3 Å². The lowest BCUT2D eigenvalue weighted by atomic mass is 9.96. The van der Waals surface area contributed by atoms with Crippen molar-refractivity contribution in [1.29, 1.82) is 5.26 Å². The first-order valence-corrected chi connectivity index (χ1v) is 10.7. The van der Waals surface area contributed by atoms with Crippen molar-refractivity contribution >= 4 is 39.9 Å². The molecule has 5 heterocycles. The lowest BCUT2D eigenvalue weighted by molar-refractivity contribution is 0.332. The molecule has 0 bridgehead atoms. The molecule has 1 saturated heterocycles. The molecular weight excluding hydrogens is 435 g/mol. The predicted octanol–water partition coefficient (Wildman–Crippen LogP) is 4.50. The molecule has 31 heavy (non-hydrogen) atoms. The molecule has 0 amide bonds. The van der Waals surface area contributed by atoms with Gasteiger partial charge in [-0.3, -0.25) is 4.68 Å². The molecule has 4 aromatic rings. The summed E-state index contributed by atoms with van der Waals surface area (Å²) in [4.78, 5) is 18.1. The monoisotopic (exact) mass is 452 g/mol. The molecule has 1 aliphatic heterocycles. The van der Waals surface area contributed by atoms with E-state index in [1.54, 1.807) is 12.3 Å².